The van der Waals surface area contributed by atoms with Crippen molar-refractivity contribution in [1.29, 1.82) is 0 Å². The predicted molar refractivity (Wildman–Crippen MR) is 75.5 cm³/mol. The van der Waals surface area contributed by atoms with Crippen LogP contribution >= 0.6 is 0 Å². The number of nitrogens with zero attached hydrogens (tertiary/aromatic N) is 2. The molecule has 0 amide bonds. The highest BCUT2D eigenvalue weighted by atomic mass is 15.3. The lowest BCUT2D eigenvalue weighted by Gasteiger charge is -2.51. The second kappa shape index (κ2) is 4.77. The van der Waals surface area contributed by atoms with Gasteiger partial charge in [0.15, 0.2) is 0 Å². The molecule has 3 heteroatoms. The Labute approximate surface area is 112 Å². The van der Waals surface area contributed by atoms with E-state index in [0.29, 0.717) is 5.54 Å². The average Bonchev–Trinajstić information content (AvgIpc) is 3.22. The molecule has 2 N–H and O–H groups in total. The normalized spacial score (nSPS) is 38.2. The van der Waals surface area contributed by atoms with Gasteiger partial charge in [0.1, 0.15) is 0 Å². The molecule has 1 saturated carbocycles. The van der Waals surface area contributed by atoms with Gasteiger partial charge in [0.2, 0.25) is 0 Å². The first-order valence-electron chi connectivity index (χ1n) is 7.80. The van der Waals surface area contributed by atoms with Crippen molar-refractivity contribution >= 4 is 0 Å². The summed E-state index contributed by atoms with van der Waals surface area (Å²) >= 11 is 0. The highest BCUT2D eigenvalue weighted by molar-refractivity contribution is 5.03. The summed E-state index contributed by atoms with van der Waals surface area (Å²) in [5, 5.41) is 0. The molecule has 3 nitrogen and oxygen atoms in total. The van der Waals surface area contributed by atoms with E-state index in [-0.39, 0.29) is 0 Å². The smallest absolute Gasteiger partial charge is 0.0331 e. The van der Waals surface area contributed by atoms with Gasteiger partial charge in [0, 0.05) is 31.2 Å². The second-order valence-corrected chi connectivity index (χ2v) is 7.02. The topological polar surface area (TPSA) is 32.5 Å². The molecule has 3 aliphatic rings. The molecule has 18 heavy (non-hydrogen) atoms. The predicted octanol–water partition coefficient (Wildman–Crippen LogP) is 1.53. The van der Waals surface area contributed by atoms with Gasteiger partial charge in [-0.15, -0.1) is 0 Å². The van der Waals surface area contributed by atoms with Crippen LogP contribution in [0.25, 0.3) is 0 Å². The third-order valence-corrected chi connectivity index (χ3v) is 5.94. The maximum Gasteiger partial charge on any atom is 0.0331 e. The molecule has 0 bridgehead atoms. The molecule has 2 saturated heterocycles. The highest BCUT2D eigenvalue weighted by Gasteiger charge is 2.47. The van der Waals surface area contributed by atoms with Crippen LogP contribution in [0.4, 0.5) is 0 Å². The number of nitrogens with two attached hydrogens (primary N) is 1. The van der Waals surface area contributed by atoms with E-state index >= 15 is 0 Å². The Morgan fingerprint density at radius 2 is 1.94 bits per heavy atom. The molecule has 0 aromatic heterocycles. The van der Waals surface area contributed by atoms with E-state index in [9.17, 15) is 0 Å². The van der Waals surface area contributed by atoms with E-state index in [1.807, 2.05) is 0 Å². The molecule has 2 heterocycles. The Morgan fingerprint density at radius 3 is 2.61 bits per heavy atom. The summed E-state index contributed by atoms with van der Waals surface area (Å²) in [6.07, 6.45) is 6.96. The van der Waals surface area contributed by atoms with E-state index < -0.39 is 0 Å². The lowest BCUT2D eigenvalue weighted by Crippen LogP contribution is -2.61. The van der Waals surface area contributed by atoms with Crippen molar-refractivity contribution in [2.45, 2.75) is 50.6 Å². The van der Waals surface area contributed by atoms with Crippen LogP contribution in [0, 0.1) is 11.8 Å². The largest absolute Gasteiger partial charge is 0.329 e. The summed E-state index contributed by atoms with van der Waals surface area (Å²) in [4.78, 5) is 5.34. The molecule has 3 rings (SSSR count). The molecule has 3 atom stereocenters. The van der Waals surface area contributed by atoms with Crippen LogP contribution in [-0.2, 0) is 0 Å². The van der Waals surface area contributed by atoms with Gasteiger partial charge in [-0.25, -0.2) is 0 Å². The van der Waals surface area contributed by atoms with Crippen molar-refractivity contribution in [3.05, 3.63) is 0 Å². The summed E-state index contributed by atoms with van der Waals surface area (Å²) in [7, 11) is 2.31. The van der Waals surface area contributed by atoms with Crippen LogP contribution in [-0.4, -0.2) is 54.6 Å². The molecule has 3 unspecified atom stereocenters. The van der Waals surface area contributed by atoms with Crippen molar-refractivity contribution < 1.29 is 0 Å². The van der Waals surface area contributed by atoms with Crippen LogP contribution in [0.2, 0.25) is 0 Å². The SMILES string of the molecule is CN1CCCC2CN(C(C)(CN)C3CC3)CCC21. The number of fused-ring (bicyclic) bond motifs is 1. The monoisotopic (exact) mass is 251 g/mol. The minimum Gasteiger partial charge on any atom is -0.329 e. The summed E-state index contributed by atoms with van der Waals surface area (Å²) in [6.45, 7) is 7.11. The van der Waals surface area contributed by atoms with Gasteiger partial charge in [-0.05, 0) is 64.5 Å². The van der Waals surface area contributed by atoms with E-state index in [2.05, 4.69) is 23.8 Å². The van der Waals surface area contributed by atoms with Gasteiger partial charge in [-0.2, -0.15) is 0 Å². The zero-order valence-corrected chi connectivity index (χ0v) is 12.1. The van der Waals surface area contributed by atoms with Gasteiger partial charge in [-0.3, -0.25) is 4.90 Å². The molecule has 0 aromatic rings. The molecule has 0 radical (unpaired) electrons. The van der Waals surface area contributed by atoms with Crippen LogP contribution in [0.1, 0.15) is 39.0 Å². The van der Waals surface area contributed by atoms with E-state index in [1.165, 1.54) is 51.7 Å². The lowest BCUT2D eigenvalue weighted by molar-refractivity contribution is -0.0158. The first kappa shape index (κ1) is 12.9. The van der Waals surface area contributed by atoms with Crippen LogP contribution in [0.15, 0.2) is 0 Å². The highest BCUT2D eigenvalue weighted by Crippen LogP contribution is 2.44. The van der Waals surface area contributed by atoms with E-state index in [4.69, 9.17) is 5.73 Å². The maximum absolute atomic E-state index is 6.12. The van der Waals surface area contributed by atoms with E-state index in [1.54, 1.807) is 0 Å². The van der Waals surface area contributed by atoms with Crippen molar-refractivity contribution in [3.8, 4) is 0 Å². The standard InChI is InChI=1S/C15H29N3/c1-15(11-16,13-5-6-13)18-9-7-14-12(10-18)4-3-8-17(14)2/h12-14H,3-11,16H2,1-2H3. The van der Waals surface area contributed by atoms with Gasteiger partial charge in [0.05, 0.1) is 0 Å². The molecule has 1 aliphatic carbocycles. The van der Waals surface area contributed by atoms with Gasteiger partial charge >= 0.3 is 0 Å². The Morgan fingerprint density at radius 1 is 1.17 bits per heavy atom. The van der Waals surface area contributed by atoms with E-state index in [0.717, 1.165) is 24.4 Å². The molecule has 0 spiro atoms. The molecule has 2 aliphatic heterocycles. The maximum atomic E-state index is 6.12. The Balaban J connectivity index is 1.69. The third kappa shape index (κ3) is 2.10. The minimum atomic E-state index is 0.293. The van der Waals surface area contributed by atoms with Crippen LogP contribution in [0.5, 0.6) is 0 Å². The summed E-state index contributed by atoms with van der Waals surface area (Å²) in [6, 6.07) is 0.844. The summed E-state index contributed by atoms with van der Waals surface area (Å²) in [5.41, 5.74) is 6.41. The van der Waals surface area contributed by atoms with Crippen molar-refractivity contribution in [2.75, 3.05) is 33.2 Å². The van der Waals surface area contributed by atoms with Crippen molar-refractivity contribution in [2.24, 2.45) is 17.6 Å². The van der Waals surface area contributed by atoms with Crippen molar-refractivity contribution in [3.63, 3.8) is 0 Å². The third-order valence-electron chi connectivity index (χ3n) is 5.94. The zero-order valence-electron chi connectivity index (χ0n) is 12.1. The first-order chi connectivity index (χ1) is 8.65. The second-order valence-electron chi connectivity index (χ2n) is 7.02. The van der Waals surface area contributed by atoms with Crippen LogP contribution < -0.4 is 5.73 Å². The number of likely N-dealkylation sites (tertiary alicyclic amines) is 2. The number of hydrogen-bond acceptors (Lipinski definition) is 3. The zero-order chi connectivity index (χ0) is 12.8. The fourth-order valence-corrected chi connectivity index (χ4v) is 4.38. The number of hydrogen-bond donors (Lipinski definition) is 1. The number of piperidine rings is 2. The Kier molecular flexibility index (Phi) is 3.41. The molecular formula is C15H29N3. The molecular weight excluding hydrogens is 222 g/mol. The molecule has 3 fully saturated rings. The Hall–Kier alpha value is -0.120. The fraction of sp³-hybridized carbons (Fsp3) is 1.00. The quantitative estimate of drug-likeness (QED) is 0.825. The Bertz CT molecular complexity index is 302. The minimum absolute atomic E-state index is 0.293. The average molecular weight is 251 g/mol. The summed E-state index contributed by atoms with van der Waals surface area (Å²) in [5.74, 6) is 1.77. The van der Waals surface area contributed by atoms with Gasteiger partial charge in [0.25, 0.3) is 0 Å². The fourth-order valence-electron chi connectivity index (χ4n) is 4.38. The van der Waals surface area contributed by atoms with Crippen molar-refractivity contribution in [1.82, 2.24) is 9.80 Å². The molecule has 104 valence electrons. The molecule has 0 aromatic carbocycles. The summed E-state index contributed by atoms with van der Waals surface area (Å²) < 4.78 is 0. The van der Waals surface area contributed by atoms with Gasteiger partial charge < -0.3 is 10.6 Å². The lowest BCUT2D eigenvalue weighted by atomic mass is 9.81. The first-order valence-corrected chi connectivity index (χ1v) is 7.80. The van der Waals surface area contributed by atoms with Gasteiger partial charge in [-0.1, -0.05) is 0 Å². The van der Waals surface area contributed by atoms with Crippen LogP contribution in [0.3, 0.4) is 0 Å². The number of rotatable bonds is 3.